The second-order valence-corrected chi connectivity index (χ2v) is 7.81. The molecule has 0 saturated carbocycles. The van der Waals surface area contributed by atoms with E-state index in [-0.39, 0.29) is 24.0 Å². The maximum Gasteiger partial charge on any atom is 0.194 e. The van der Waals surface area contributed by atoms with Crippen molar-refractivity contribution < 1.29 is 4.74 Å². The highest BCUT2D eigenvalue weighted by atomic mass is 127. The van der Waals surface area contributed by atoms with Crippen molar-refractivity contribution in [3.8, 4) is 5.75 Å². The van der Waals surface area contributed by atoms with Crippen molar-refractivity contribution in [2.75, 3.05) is 27.2 Å². The Kier molecular flexibility index (Phi) is 11.2. The van der Waals surface area contributed by atoms with Crippen molar-refractivity contribution >= 4 is 29.9 Å². The van der Waals surface area contributed by atoms with Crippen LogP contribution in [0.1, 0.15) is 29.4 Å². The third-order valence-electron chi connectivity index (χ3n) is 5.50. The molecule has 3 rings (SSSR count). The van der Waals surface area contributed by atoms with E-state index >= 15 is 0 Å². The summed E-state index contributed by atoms with van der Waals surface area (Å²) in [6.07, 6.45) is 3.53. The summed E-state index contributed by atoms with van der Waals surface area (Å²) in [5, 5.41) is 11.7. The standard InChI is InChI=1S/C25H34N6O.HI/c1-5-24-29-28-19-31(24)17-16-27-25(30(3)18-22-9-7-6-8-20(22)2)26-15-14-21-10-12-23(32-4)13-11-21;/h6-13,19H,5,14-18H2,1-4H3,(H,26,27);1H. The Morgan fingerprint density at radius 3 is 2.61 bits per heavy atom. The van der Waals surface area contributed by atoms with Gasteiger partial charge in [-0.1, -0.05) is 43.3 Å². The Hall–Kier alpha value is -2.62. The minimum atomic E-state index is 0. The summed E-state index contributed by atoms with van der Waals surface area (Å²) in [5.74, 6) is 2.77. The first-order valence-corrected chi connectivity index (χ1v) is 11.1. The zero-order valence-electron chi connectivity index (χ0n) is 20.0. The molecule has 0 aliphatic carbocycles. The Morgan fingerprint density at radius 1 is 1.15 bits per heavy atom. The summed E-state index contributed by atoms with van der Waals surface area (Å²) in [4.78, 5) is 7.09. The van der Waals surface area contributed by atoms with Gasteiger partial charge in [-0.15, -0.1) is 34.2 Å². The maximum atomic E-state index is 5.25. The van der Waals surface area contributed by atoms with Gasteiger partial charge in [0.05, 0.1) is 7.11 Å². The van der Waals surface area contributed by atoms with E-state index in [4.69, 9.17) is 9.73 Å². The Bertz CT molecular complexity index is 1000. The van der Waals surface area contributed by atoms with E-state index in [1.807, 2.05) is 12.1 Å². The molecule has 0 amide bonds. The van der Waals surface area contributed by atoms with E-state index in [9.17, 15) is 0 Å². The predicted octanol–water partition coefficient (Wildman–Crippen LogP) is 4.10. The van der Waals surface area contributed by atoms with Crippen molar-refractivity contribution in [3.63, 3.8) is 0 Å². The SMILES string of the molecule is CCc1nncn1CCNC(=NCCc1ccc(OC)cc1)N(C)Cc1ccccc1C.I. The second kappa shape index (κ2) is 13.8. The van der Waals surface area contributed by atoms with Crippen molar-refractivity contribution in [1.82, 2.24) is 25.0 Å². The van der Waals surface area contributed by atoms with Crippen LogP contribution in [-0.4, -0.2) is 52.9 Å². The number of aryl methyl sites for hydroxylation is 2. The number of aliphatic imine (C=N–C) groups is 1. The van der Waals surface area contributed by atoms with Gasteiger partial charge in [-0.3, -0.25) is 4.99 Å². The van der Waals surface area contributed by atoms with E-state index in [0.717, 1.165) is 50.0 Å². The van der Waals surface area contributed by atoms with Crippen LogP contribution in [-0.2, 0) is 25.9 Å². The number of rotatable bonds is 10. The number of methoxy groups -OCH3 is 1. The molecule has 1 heterocycles. The summed E-state index contributed by atoms with van der Waals surface area (Å²) >= 11 is 0. The molecule has 0 atom stereocenters. The third-order valence-corrected chi connectivity index (χ3v) is 5.50. The Labute approximate surface area is 214 Å². The normalized spacial score (nSPS) is 11.1. The number of guanidine groups is 1. The van der Waals surface area contributed by atoms with E-state index in [1.54, 1.807) is 13.4 Å². The van der Waals surface area contributed by atoms with Gasteiger partial charge < -0.3 is 19.5 Å². The van der Waals surface area contributed by atoms with Gasteiger partial charge >= 0.3 is 0 Å². The molecule has 1 aromatic heterocycles. The van der Waals surface area contributed by atoms with Gasteiger partial charge in [0.15, 0.2) is 5.96 Å². The molecule has 2 aromatic carbocycles. The summed E-state index contributed by atoms with van der Waals surface area (Å²) in [6.45, 7) is 7.30. The molecule has 0 bridgehead atoms. The highest BCUT2D eigenvalue weighted by Gasteiger charge is 2.09. The summed E-state index contributed by atoms with van der Waals surface area (Å²) in [5.41, 5.74) is 3.83. The van der Waals surface area contributed by atoms with Gasteiger partial charge in [0.2, 0.25) is 0 Å². The summed E-state index contributed by atoms with van der Waals surface area (Å²) in [7, 11) is 3.77. The first kappa shape index (κ1) is 26.6. The van der Waals surface area contributed by atoms with E-state index < -0.39 is 0 Å². The lowest BCUT2D eigenvalue weighted by atomic mass is 10.1. The topological polar surface area (TPSA) is 67.6 Å². The molecule has 0 unspecified atom stereocenters. The van der Waals surface area contributed by atoms with Crippen LogP contribution in [0.5, 0.6) is 5.75 Å². The van der Waals surface area contributed by atoms with Crippen LogP contribution in [0, 0.1) is 6.92 Å². The molecular weight excluding hydrogens is 527 g/mol. The van der Waals surface area contributed by atoms with Crippen molar-refractivity contribution in [2.24, 2.45) is 4.99 Å². The lowest BCUT2D eigenvalue weighted by Gasteiger charge is -2.23. The molecule has 0 aliphatic rings. The average molecular weight is 563 g/mol. The molecule has 33 heavy (non-hydrogen) atoms. The lowest BCUT2D eigenvalue weighted by molar-refractivity contribution is 0.414. The fraction of sp³-hybridized carbons (Fsp3) is 0.400. The first-order chi connectivity index (χ1) is 15.6. The zero-order chi connectivity index (χ0) is 22.8. The highest BCUT2D eigenvalue weighted by Crippen LogP contribution is 2.12. The molecule has 0 fully saturated rings. The van der Waals surface area contributed by atoms with Gasteiger partial charge in [0.1, 0.15) is 17.9 Å². The van der Waals surface area contributed by atoms with Gasteiger partial charge in [-0.25, -0.2) is 0 Å². The van der Waals surface area contributed by atoms with Crippen LogP contribution >= 0.6 is 24.0 Å². The third kappa shape index (κ3) is 8.03. The van der Waals surface area contributed by atoms with E-state index in [2.05, 4.69) is 82.3 Å². The molecule has 0 aliphatic heterocycles. The number of aromatic nitrogens is 3. The van der Waals surface area contributed by atoms with Gasteiger partial charge in [0.25, 0.3) is 0 Å². The summed E-state index contributed by atoms with van der Waals surface area (Å²) < 4.78 is 7.33. The molecule has 178 valence electrons. The lowest BCUT2D eigenvalue weighted by Crippen LogP contribution is -2.40. The molecular formula is C25H35IN6O. The van der Waals surface area contributed by atoms with Crippen LogP contribution < -0.4 is 10.1 Å². The fourth-order valence-electron chi connectivity index (χ4n) is 3.54. The van der Waals surface area contributed by atoms with E-state index in [1.165, 1.54) is 16.7 Å². The maximum absolute atomic E-state index is 5.25. The molecule has 7 nitrogen and oxygen atoms in total. The van der Waals surface area contributed by atoms with Crippen LogP contribution in [0.2, 0.25) is 0 Å². The average Bonchev–Trinajstić information content (AvgIpc) is 3.27. The Morgan fingerprint density at radius 2 is 1.91 bits per heavy atom. The number of hydrogen-bond donors (Lipinski definition) is 1. The molecule has 0 spiro atoms. The fourth-order valence-corrected chi connectivity index (χ4v) is 3.54. The number of benzene rings is 2. The van der Waals surface area contributed by atoms with Gasteiger partial charge in [-0.2, -0.15) is 0 Å². The molecule has 3 aromatic rings. The van der Waals surface area contributed by atoms with Gasteiger partial charge in [-0.05, 0) is 42.2 Å². The van der Waals surface area contributed by atoms with Crippen LogP contribution in [0.25, 0.3) is 0 Å². The zero-order valence-corrected chi connectivity index (χ0v) is 22.3. The largest absolute Gasteiger partial charge is 0.497 e. The smallest absolute Gasteiger partial charge is 0.194 e. The number of nitrogens with one attached hydrogen (secondary N) is 1. The Balaban J connectivity index is 0.00000385. The molecule has 0 saturated heterocycles. The molecule has 8 heteroatoms. The minimum Gasteiger partial charge on any atom is -0.497 e. The minimum absolute atomic E-state index is 0. The van der Waals surface area contributed by atoms with Crippen molar-refractivity contribution in [1.29, 1.82) is 0 Å². The summed E-state index contributed by atoms with van der Waals surface area (Å²) in [6, 6.07) is 16.7. The van der Waals surface area contributed by atoms with E-state index in [0.29, 0.717) is 6.54 Å². The highest BCUT2D eigenvalue weighted by molar-refractivity contribution is 14.0. The van der Waals surface area contributed by atoms with Gasteiger partial charge in [0, 0.05) is 39.6 Å². The number of nitrogens with zero attached hydrogens (tertiary/aromatic N) is 5. The quantitative estimate of drug-likeness (QED) is 0.229. The van der Waals surface area contributed by atoms with Crippen LogP contribution in [0.15, 0.2) is 59.9 Å². The number of ether oxygens (including phenoxy) is 1. The first-order valence-electron chi connectivity index (χ1n) is 11.1. The van der Waals surface area contributed by atoms with Crippen LogP contribution in [0.3, 0.4) is 0 Å². The number of hydrogen-bond acceptors (Lipinski definition) is 4. The number of halogens is 1. The second-order valence-electron chi connectivity index (χ2n) is 7.81. The van der Waals surface area contributed by atoms with Crippen molar-refractivity contribution in [3.05, 3.63) is 77.4 Å². The molecule has 0 radical (unpaired) electrons. The van der Waals surface area contributed by atoms with Crippen LogP contribution in [0.4, 0.5) is 0 Å². The molecule has 1 N–H and O–H groups in total. The van der Waals surface area contributed by atoms with Crippen molar-refractivity contribution in [2.45, 2.75) is 39.8 Å². The predicted molar refractivity (Wildman–Crippen MR) is 144 cm³/mol. The monoisotopic (exact) mass is 562 g/mol.